The fraction of sp³-hybridized carbons (Fsp3) is 0.533. The second kappa shape index (κ2) is 7.64. The van der Waals surface area contributed by atoms with Crippen molar-refractivity contribution in [2.45, 2.75) is 25.7 Å². The monoisotopic (exact) mass is 339 g/mol. The molecule has 1 aliphatic rings. The van der Waals surface area contributed by atoms with E-state index in [-0.39, 0.29) is 5.91 Å². The molecule has 1 heterocycles. The third-order valence-electron chi connectivity index (χ3n) is 3.65. The minimum atomic E-state index is -0.0950. The van der Waals surface area contributed by atoms with Gasteiger partial charge in [-0.2, -0.15) is 0 Å². The van der Waals surface area contributed by atoms with E-state index >= 15 is 0 Å². The van der Waals surface area contributed by atoms with E-state index in [1.807, 2.05) is 6.07 Å². The second-order valence-electron chi connectivity index (χ2n) is 5.24. The standard InChI is InChI=1S/C15H22BrN3O/c16-12-5-6-14(17)13(11-12)15(20)18-7-4-10-19-8-2-1-3-9-19/h5-6,11H,1-4,7-10,17H2,(H,18,20). The van der Waals surface area contributed by atoms with Crippen molar-refractivity contribution in [2.24, 2.45) is 0 Å². The number of nitrogens with zero attached hydrogens (tertiary/aromatic N) is 1. The van der Waals surface area contributed by atoms with Gasteiger partial charge in [0, 0.05) is 16.7 Å². The van der Waals surface area contributed by atoms with Crippen LogP contribution in [0.4, 0.5) is 5.69 Å². The molecule has 1 fully saturated rings. The van der Waals surface area contributed by atoms with E-state index in [1.54, 1.807) is 12.1 Å². The third kappa shape index (κ3) is 4.49. The Morgan fingerprint density at radius 3 is 2.80 bits per heavy atom. The Bertz CT molecular complexity index is 458. The van der Waals surface area contributed by atoms with Crippen LogP contribution < -0.4 is 11.1 Å². The van der Waals surface area contributed by atoms with E-state index in [0.717, 1.165) is 17.4 Å². The smallest absolute Gasteiger partial charge is 0.253 e. The third-order valence-corrected chi connectivity index (χ3v) is 4.14. The summed E-state index contributed by atoms with van der Waals surface area (Å²) in [5.41, 5.74) is 6.88. The minimum Gasteiger partial charge on any atom is -0.398 e. The fourth-order valence-corrected chi connectivity index (χ4v) is 2.87. The Morgan fingerprint density at radius 1 is 1.30 bits per heavy atom. The lowest BCUT2D eigenvalue weighted by molar-refractivity contribution is 0.0952. The quantitative estimate of drug-likeness (QED) is 0.640. The highest BCUT2D eigenvalue weighted by Gasteiger charge is 2.11. The van der Waals surface area contributed by atoms with Crippen LogP contribution in [0, 0.1) is 0 Å². The maximum Gasteiger partial charge on any atom is 0.253 e. The molecule has 1 amide bonds. The van der Waals surface area contributed by atoms with Gasteiger partial charge in [0.2, 0.25) is 0 Å². The van der Waals surface area contributed by atoms with Gasteiger partial charge in [-0.3, -0.25) is 4.79 Å². The number of piperidine rings is 1. The number of benzene rings is 1. The van der Waals surface area contributed by atoms with Gasteiger partial charge < -0.3 is 16.0 Å². The van der Waals surface area contributed by atoms with E-state index in [0.29, 0.717) is 17.8 Å². The molecule has 0 atom stereocenters. The van der Waals surface area contributed by atoms with Crippen molar-refractivity contribution in [1.82, 2.24) is 10.2 Å². The summed E-state index contributed by atoms with van der Waals surface area (Å²) < 4.78 is 0.866. The predicted molar refractivity (Wildman–Crippen MR) is 85.8 cm³/mol. The van der Waals surface area contributed by atoms with Crippen LogP contribution in [0.15, 0.2) is 22.7 Å². The Balaban J connectivity index is 1.73. The lowest BCUT2D eigenvalue weighted by Crippen LogP contribution is -2.33. The summed E-state index contributed by atoms with van der Waals surface area (Å²) in [6, 6.07) is 5.34. The lowest BCUT2D eigenvalue weighted by Gasteiger charge is -2.26. The topological polar surface area (TPSA) is 58.4 Å². The Morgan fingerprint density at radius 2 is 2.05 bits per heavy atom. The molecule has 0 saturated carbocycles. The molecule has 1 aromatic carbocycles. The second-order valence-corrected chi connectivity index (χ2v) is 6.16. The van der Waals surface area contributed by atoms with Crippen molar-refractivity contribution in [2.75, 3.05) is 31.9 Å². The number of hydrogen-bond donors (Lipinski definition) is 2. The summed E-state index contributed by atoms with van der Waals surface area (Å²) in [5, 5.41) is 2.94. The summed E-state index contributed by atoms with van der Waals surface area (Å²) in [6.45, 7) is 4.16. The molecule has 0 aliphatic carbocycles. The zero-order valence-electron chi connectivity index (χ0n) is 11.7. The first-order valence-electron chi connectivity index (χ1n) is 7.22. The van der Waals surface area contributed by atoms with Crippen LogP contribution in [0.2, 0.25) is 0 Å². The normalized spacial score (nSPS) is 16.1. The molecule has 4 nitrogen and oxygen atoms in total. The van der Waals surface area contributed by atoms with Crippen molar-refractivity contribution in [1.29, 1.82) is 0 Å². The average Bonchev–Trinajstić information content (AvgIpc) is 2.47. The number of likely N-dealkylation sites (tertiary alicyclic amines) is 1. The molecule has 0 aromatic heterocycles. The van der Waals surface area contributed by atoms with Gasteiger partial charge in [0.1, 0.15) is 0 Å². The van der Waals surface area contributed by atoms with E-state index < -0.39 is 0 Å². The molecule has 1 aromatic rings. The van der Waals surface area contributed by atoms with E-state index in [1.165, 1.54) is 32.4 Å². The number of nitrogen functional groups attached to an aromatic ring is 1. The van der Waals surface area contributed by atoms with Gasteiger partial charge in [-0.1, -0.05) is 22.4 Å². The van der Waals surface area contributed by atoms with Gasteiger partial charge >= 0.3 is 0 Å². The molecule has 5 heteroatoms. The molecular weight excluding hydrogens is 318 g/mol. The van der Waals surface area contributed by atoms with Gasteiger partial charge in [-0.25, -0.2) is 0 Å². The number of nitrogens with one attached hydrogen (secondary N) is 1. The van der Waals surface area contributed by atoms with E-state index in [2.05, 4.69) is 26.1 Å². The zero-order chi connectivity index (χ0) is 14.4. The SMILES string of the molecule is Nc1ccc(Br)cc1C(=O)NCCCN1CCCCC1. The van der Waals surface area contributed by atoms with Crippen LogP contribution >= 0.6 is 15.9 Å². The number of amides is 1. The molecule has 0 bridgehead atoms. The zero-order valence-corrected chi connectivity index (χ0v) is 13.3. The molecule has 110 valence electrons. The number of nitrogens with two attached hydrogens (primary N) is 1. The van der Waals surface area contributed by atoms with E-state index in [4.69, 9.17) is 5.73 Å². The Kier molecular flexibility index (Phi) is 5.86. The van der Waals surface area contributed by atoms with Gasteiger partial charge in [-0.15, -0.1) is 0 Å². The van der Waals surface area contributed by atoms with E-state index in [9.17, 15) is 4.79 Å². The molecule has 0 radical (unpaired) electrons. The number of anilines is 1. The van der Waals surface area contributed by atoms with Crippen molar-refractivity contribution >= 4 is 27.5 Å². The lowest BCUT2D eigenvalue weighted by atomic mass is 10.1. The van der Waals surface area contributed by atoms with Crippen LogP contribution in [-0.4, -0.2) is 37.0 Å². The van der Waals surface area contributed by atoms with Gasteiger partial charge in [-0.05, 0) is 57.1 Å². The summed E-state index contributed by atoms with van der Waals surface area (Å²) in [4.78, 5) is 14.5. The number of carbonyl (C=O) groups is 1. The molecule has 0 spiro atoms. The molecule has 1 aliphatic heterocycles. The molecule has 20 heavy (non-hydrogen) atoms. The molecule has 1 saturated heterocycles. The largest absolute Gasteiger partial charge is 0.398 e. The predicted octanol–water partition coefficient (Wildman–Crippen LogP) is 2.64. The number of rotatable bonds is 5. The summed E-state index contributed by atoms with van der Waals surface area (Å²) in [7, 11) is 0. The van der Waals surface area contributed by atoms with Gasteiger partial charge in [0.15, 0.2) is 0 Å². The Labute approximate surface area is 128 Å². The van der Waals surface area contributed by atoms with Gasteiger partial charge in [0.05, 0.1) is 5.56 Å². The van der Waals surface area contributed by atoms with Crippen molar-refractivity contribution in [3.63, 3.8) is 0 Å². The average molecular weight is 340 g/mol. The van der Waals surface area contributed by atoms with Crippen molar-refractivity contribution < 1.29 is 4.79 Å². The highest BCUT2D eigenvalue weighted by atomic mass is 79.9. The fourth-order valence-electron chi connectivity index (χ4n) is 2.51. The van der Waals surface area contributed by atoms with Crippen molar-refractivity contribution in [3.8, 4) is 0 Å². The summed E-state index contributed by atoms with van der Waals surface area (Å²) in [6.07, 6.45) is 4.96. The maximum atomic E-state index is 12.0. The van der Waals surface area contributed by atoms with Gasteiger partial charge in [0.25, 0.3) is 5.91 Å². The highest BCUT2D eigenvalue weighted by molar-refractivity contribution is 9.10. The number of carbonyl (C=O) groups excluding carboxylic acids is 1. The minimum absolute atomic E-state index is 0.0950. The molecule has 3 N–H and O–H groups in total. The Hall–Kier alpha value is -1.07. The highest BCUT2D eigenvalue weighted by Crippen LogP contribution is 2.18. The number of hydrogen-bond acceptors (Lipinski definition) is 3. The first-order chi connectivity index (χ1) is 9.66. The summed E-state index contributed by atoms with van der Waals surface area (Å²) in [5.74, 6) is -0.0950. The maximum absolute atomic E-state index is 12.0. The van der Waals surface area contributed by atoms with Crippen LogP contribution in [0.25, 0.3) is 0 Å². The van der Waals surface area contributed by atoms with Crippen molar-refractivity contribution in [3.05, 3.63) is 28.2 Å². The first kappa shape index (κ1) is 15.3. The summed E-state index contributed by atoms with van der Waals surface area (Å²) >= 11 is 3.36. The molecule has 0 unspecified atom stereocenters. The molecule has 2 rings (SSSR count). The molecular formula is C15H22BrN3O. The van der Waals surface area contributed by atoms with Crippen LogP contribution in [-0.2, 0) is 0 Å². The van der Waals surface area contributed by atoms with Crippen LogP contribution in [0.3, 0.4) is 0 Å². The first-order valence-corrected chi connectivity index (χ1v) is 8.02. The van der Waals surface area contributed by atoms with Crippen LogP contribution in [0.1, 0.15) is 36.0 Å². The number of halogens is 1. The van der Waals surface area contributed by atoms with Crippen LogP contribution in [0.5, 0.6) is 0 Å².